The zero-order valence-corrected chi connectivity index (χ0v) is 16.6. The molecule has 0 radical (unpaired) electrons. The molecule has 0 saturated heterocycles. The number of hydrogen-bond donors (Lipinski definition) is 0. The van der Waals surface area contributed by atoms with Crippen LogP contribution in [0.2, 0.25) is 18.1 Å². The average Bonchev–Trinajstić information content (AvgIpc) is 2.19. The molecule has 5 heteroatoms. The van der Waals surface area contributed by atoms with Crippen LogP contribution in [-0.4, -0.2) is 38.0 Å². The van der Waals surface area contributed by atoms with Crippen molar-refractivity contribution in [3.05, 3.63) is 29.8 Å². The van der Waals surface area contributed by atoms with Crippen molar-refractivity contribution in [2.75, 3.05) is 6.61 Å². The topological polar surface area (TPSA) is 32.3 Å². The number of hydrogen-bond acceptors (Lipinski definition) is 2. The van der Waals surface area contributed by atoms with Crippen LogP contribution in [0.1, 0.15) is 26.3 Å². The van der Waals surface area contributed by atoms with E-state index in [4.69, 9.17) is 4.43 Å². The second kappa shape index (κ2) is 8.67. The van der Waals surface area contributed by atoms with E-state index in [0.29, 0.717) is 0 Å². The van der Waals surface area contributed by atoms with Gasteiger partial charge in [0, 0.05) is 6.61 Å². The predicted molar refractivity (Wildman–Crippen MR) is 78.5 cm³/mol. The zero-order valence-electron chi connectivity index (χ0n) is 12.6. The summed E-state index contributed by atoms with van der Waals surface area (Å²) < 4.78 is 6.09. The molecule has 0 saturated carbocycles. The first-order valence-corrected chi connectivity index (χ1v) is 9.03. The molecule has 0 heterocycles. The van der Waals surface area contributed by atoms with Gasteiger partial charge in [-0.2, -0.15) is 0 Å². The predicted octanol–water partition coefficient (Wildman–Crippen LogP) is -0.0523. The first-order valence-electron chi connectivity index (χ1n) is 6.12. The minimum absolute atomic E-state index is 0. The van der Waals surface area contributed by atoms with E-state index < -0.39 is 8.32 Å². The average molecular weight is 356 g/mol. The van der Waals surface area contributed by atoms with Crippen molar-refractivity contribution < 1.29 is 26.5 Å². The Hall–Kier alpha value is 0.443. The Labute approximate surface area is 145 Å². The van der Waals surface area contributed by atoms with Crippen LogP contribution in [0.5, 0.6) is 5.75 Å². The maximum Gasteiger partial charge on any atom is 2.00 e. The molecule has 1 aromatic rings. The second-order valence-corrected chi connectivity index (χ2v) is 10.8. The van der Waals surface area contributed by atoms with Crippen molar-refractivity contribution in [2.24, 2.45) is 0 Å². The van der Waals surface area contributed by atoms with Crippen molar-refractivity contribution in [1.29, 1.82) is 0 Å². The van der Waals surface area contributed by atoms with E-state index in [1.54, 1.807) is 12.1 Å². The molecule has 1 aromatic carbocycles. The Balaban J connectivity index is 0. The van der Waals surface area contributed by atoms with E-state index in [-0.39, 0.29) is 50.8 Å². The van der Waals surface area contributed by atoms with Crippen molar-refractivity contribution in [3.8, 4) is 5.75 Å². The molecule has 0 spiro atoms. The summed E-state index contributed by atoms with van der Waals surface area (Å²) in [4.78, 5) is 0. The summed E-state index contributed by atoms with van der Waals surface area (Å²) in [6, 6.07) is 7.00. The van der Waals surface area contributed by atoms with Gasteiger partial charge in [0.05, 0.1) is 0 Å². The molecule has 104 valence electrons. The molecular weight excluding hydrogens is 332 g/mol. The smallest absolute Gasteiger partial charge is 1.00 e. The molecule has 1 rings (SSSR count). The van der Waals surface area contributed by atoms with E-state index in [1.807, 2.05) is 12.1 Å². The van der Waals surface area contributed by atoms with Gasteiger partial charge in [-0.3, -0.25) is 0 Å². The Morgan fingerprint density at radius 2 is 1.58 bits per heavy atom. The van der Waals surface area contributed by atoms with E-state index in [2.05, 4.69) is 33.9 Å². The van der Waals surface area contributed by atoms with Gasteiger partial charge < -0.3 is 26.5 Å². The third kappa shape index (κ3) is 7.13. The van der Waals surface area contributed by atoms with E-state index >= 15 is 0 Å². The summed E-state index contributed by atoms with van der Waals surface area (Å²) in [5.41, 5.74) is 1.17. The first-order chi connectivity index (χ1) is 7.72. The summed E-state index contributed by atoms with van der Waals surface area (Å²) in [6.45, 7) is 12.0. The van der Waals surface area contributed by atoms with Crippen LogP contribution in [0.3, 0.4) is 0 Å². The van der Waals surface area contributed by atoms with Gasteiger partial charge in [0.2, 0.25) is 0 Å². The normalized spacial score (nSPS) is 11.4. The summed E-state index contributed by atoms with van der Waals surface area (Å²) in [6.07, 6.45) is 0.882. The molecule has 0 N–H and O–H groups in total. The Morgan fingerprint density at radius 3 is 2.00 bits per heavy atom. The first kappa shape index (κ1) is 21.7. The number of benzene rings is 1. The number of rotatable bonds is 4. The number of halogens is 1. The van der Waals surface area contributed by atoms with Crippen LogP contribution in [0.25, 0.3) is 0 Å². The minimum Gasteiger partial charge on any atom is -1.00 e. The van der Waals surface area contributed by atoms with Crippen LogP contribution in [0.4, 0.5) is 0 Å². The second-order valence-electron chi connectivity index (χ2n) is 6.00. The SMILES string of the molecule is CC(C)(C)[Si](C)(C)OCCc1ccc([O-])cc1.[Br-].[Mg+2]. The van der Waals surface area contributed by atoms with Gasteiger partial charge in [0.25, 0.3) is 0 Å². The fourth-order valence-electron chi connectivity index (χ4n) is 1.30. The fourth-order valence-corrected chi connectivity index (χ4v) is 2.34. The van der Waals surface area contributed by atoms with Crippen molar-refractivity contribution in [1.82, 2.24) is 0 Å². The van der Waals surface area contributed by atoms with Gasteiger partial charge in [0.1, 0.15) is 0 Å². The maximum absolute atomic E-state index is 11.0. The standard InChI is InChI=1S/C14H24O2Si.BrH.Mg/c1-14(2,3)17(4,5)16-11-10-12-6-8-13(15)9-7-12;;/h6-9,15H,10-11H2,1-5H3;1H;/q;;+2/p-2. The van der Waals surface area contributed by atoms with Crippen LogP contribution in [-0.2, 0) is 10.8 Å². The van der Waals surface area contributed by atoms with E-state index in [9.17, 15) is 5.11 Å². The monoisotopic (exact) mass is 354 g/mol. The van der Waals surface area contributed by atoms with Crippen molar-refractivity contribution >= 4 is 31.4 Å². The zero-order chi connectivity index (χ0) is 13.1. The summed E-state index contributed by atoms with van der Waals surface area (Å²) >= 11 is 0. The van der Waals surface area contributed by atoms with Crippen molar-refractivity contribution in [2.45, 2.75) is 45.3 Å². The molecular formula is C14H23BrMgO2Si. The van der Waals surface area contributed by atoms with Gasteiger partial charge in [0.15, 0.2) is 8.32 Å². The molecule has 0 unspecified atom stereocenters. The fraction of sp³-hybridized carbons (Fsp3) is 0.571. The van der Waals surface area contributed by atoms with Crippen LogP contribution in [0, 0.1) is 0 Å². The van der Waals surface area contributed by atoms with Crippen LogP contribution in [0.15, 0.2) is 24.3 Å². The summed E-state index contributed by atoms with van der Waals surface area (Å²) in [7, 11) is -1.63. The van der Waals surface area contributed by atoms with Crippen LogP contribution < -0.4 is 22.1 Å². The molecule has 0 aliphatic carbocycles. The van der Waals surface area contributed by atoms with Gasteiger partial charge in [-0.25, -0.2) is 0 Å². The molecule has 0 aliphatic heterocycles. The minimum atomic E-state index is -1.63. The molecule has 0 aromatic heterocycles. The quantitative estimate of drug-likeness (QED) is 0.709. The Morgan fingerprint density at radius 1 is 1.11 bits per heavy atom. The van der Waals surface area contributed by atoms with Gasteiger partial charge in [-0.1, -0.05) is 45.0 Å². The Kier molecular flexibility index (Phi) is 9.92. The molecule has 0 bridgehead atoms. The molecule has 2 nitrogen and oxygen atoms in total. The van der Waals surface area contributed by atoms with Crippen molar-refractivity contribution in [3.63, 3.8) is 0 Å². The van der Waals surface area contributed by atoms with Gasteiger partial charge >= 0.3 is 23.1 Å². The Bertz CT molecular complexity index is 361. The largest absolute Gasteiger partial charge is 2.00 e. The van der Waals surface area contributed by atoms with E-state index in [0.717, 1.165) is 13.0 Å². The molecule has 0 amide bonds. The van der Waals surface area contributed by atoms with Gasteiger partial charge in [-0.15, -0.1) is 5.75 Å². The maximum atomic E-state index is 11.0. The summed E-state index contributed by atoms with van der Waals surface area (Å²) in [5, 5.41) is 11.2. The molecule has 19 heavy (non-hydrogen) atoms. The molecule has 0 atom stereocenters. The van der Waals surface area contributed by atoms with Crippen LogP contribution >= 0.6 is 0 Å². The van der Waals surface area contributed by atoms with Gasteiger partial charge in [-0.05, 0) is 30.1 Å². The molecule has 0 aliphatic rings. The van der Waals surface area contributed by atoms with E-state index in [1.165, 1.54) is 5.56 Å². The third-order valence-electron chi connectivity index (χ3n) is 3.58. The molecule has 0 fully saturated rings. The third-order valence-corrected chi connectivity index (χ3v) is 8.12. The summed E-state index contributed by atoms with van der Waals surface area (Å²) in [5.74, 6) is 0.0686.